The van der Waals surface area contributed by atoms with E-state index < -0.39 is 10.0 Å². The van der Waals surface area contributed by atoms with E-state index in [9.17, 15) is 8.42 Å². The zero-order valence-electron chi connectivity index (χ0n) is 7.92. The zero-order valence-corrected chi connectivity index (χ0v) is 8.74. The maximum Gasteiger partial charge on any atom is 0.209 e. The highest BCUT2D eigenvalue weighted by Gasteiger charge is 2.44. The van der Waals surface area contributed by atoms with Crippen LogP contribution in [0.4, 0.5) is 0 Å². The van der Waals surface area contributed by atoms with Gasteiger partial charge in [0.1, 0.15) is 0 Å². The van der Waals surface area contributed by atoms with E-state index in [1.165, 1.54) is 6.26 Å². The molecule has 1 rings (SSSR count). The second-order valence-electron chi connectivity index (χ2n) is 4.25. The topological polar surface area (TPSA) is 46.2 Å². The highest BCUT2D eigenvalue weighted by Crippen LogP contribution is 2.41. The molecule has 0 amide bonds. The van der Waals surface area contributed by atoms with Gasteiger partial charge in [0.05, 0.1) is 6.26 Å². The Morgan fingerprint density at radius 3 is 2.17 bits per heavy atom. The highest BCUT2D eigenvalue weighted by atomic mass is 32.2. The first-order valence-corrected chi connectivity index (χ1v) is 6.21. The van der Waals surface area contributed by atoms with Crippen molar-refractivity contribution in [2.45, 2.75) is 38.6 Å². The van der Waals surface area contributed by atoms with Crippen LogP contribution in [0.1, 0.15) is 33.1 Å². The predicted molar refractivity (Wildman–Crippen MR) is 49.4 cm³/mol. The summed E-state index contributed by atoms with van der Waals surface area (Å²) in [6.45, 7) is 4.23. The molecule has 1 saturated carbocycles. The van der Waals surface area contributed by atoms with Crippen LogP contribution in [0.25, 0.3) is 0 Å². The van der Waals surface area contributed by atoms with Crippen molar-refractivity contribution in [2.24, 2.45) is 5.92 Å². The molecule has 0 heterocycles. The van der Waals surface area contributed by atoms with Crippen molar-refractivity contribution in [3.8, 4) is 0 Å². The first-order valence-electron chi connectivity index (χ1n) is 4.32. The lowest BCUT2D eigenvalue weighted by atomic mass is 10.0. The van der Waals surface area contributed by atoms with Crippen LogP contribution in [-0.2, 0) is 10.0 Å². The van der Waals surface area contributed by atoms with Gasteiger partial charge in [-0.25, -0.2) is 13.1 Å². The van der Waals surface area contributed by atoms with E-state index in [0.717, 1.165) is 19.3 Å². The monoisotopic (exact) mass is 191 g/mol. The maximum absolute atomic E-state index is 11.0. The van der Waals surface area contributed by atoms with Crippen molar-refractivity contribution in [3.63, 3.8) is 0 Å². The second-order valence-corrected chi connectivity index (χ2v) is 6.00. The molecule has 1 fully saturated rings. The SMILES string of the molecule is CC(C)CC1(NS(C)(=O)=O)CC1. The molecule has 0 aromatic carbocycles. The van der Waals surface area contributed by atoms with Crippen LogP contribution in [0.3, 0.4) is 0 Å². The van der Waals surface area contributed by atoms with Crippen LogP contribution in [0.15, 0.2) is 0 Å². The molecule has 0 aliphatic heterocycles. The molecule has 1 N–H and O–H groups in total. The van der Waals surface area contributed by atoms with Gasteiger partial charge in [0.2, 0.25) is 10.0 Å². The van der Waals surface area contributed by atoms with E-state index in [1.807, 2.05) is 0 Å². The molecule has 3 nitrogen and oxygen atoms in total. The second kappa shape index (κ2) is 3.00. The van der Waals surface area contributed by atoms with Crippen molar-refractivity contribution >= 4 is 10.0 Å². The Labute approximate surface area is 74.6 Å². The third-order valence-electron chi connectivity index (χ3n) is 2.05. The van der Waals surface area contributed by atoms with Crippen LogP contribution >= 0.6 is 0 Å². The Hall–Kier alpha value is -0.0900. The van der Waals surface area contributed by atoms with Gasteiger partial charge < -0.3 is 0 Å². The van der Waals surface area contributed by atoms with Crippen molar-refractivity contribution in [1.82, 2.24) is 4.72 Å². The lowest BCUT2D eigenvalue weighted by Gasteiger charge is -2.17. The molecule has 72 valence electrons. The summed E-state index contributed by atoms with van der Waals surface area (Å²) in [5, 5.41) is 0. The fraction of sp³-hybridized carbons (Fsp3) is 1.00. The standard InChI is InChI=1S/C8H17NO2S/c1-7(2)6-8(4-5-8)9-12(3,10)11/h7,9H,4-6H2,1-3H3. The van der Waals surface area contributed by atoms with Gasteiger partial charge in [0, 0.05) is 5.54 Å². The Balaban J connectivity index is 2.51. The summed E-state index contributed by atoms with van der Waals surface area (Å²) in [7, 11) is -3.01. The Morgan fingerprint density at radius 1 is 1.42 bits per heavy atom. The fourth-order valence-electron chi connectivity index (χ4n) is 1.67. The third-order valence-corrected chi connectivity index (χ3v) is 2.86. The summed E-state index contributed by atoms with van der Waals surface area (Å²) in [6.07, 6.45) is 4.18. The Kier molecular flexibility index (Phi) is 2.50. The van der Waals surface area contributed by atoms with Gasteiger partial charge in [-0.2, -0.15) is 0 Å². The average molecular weight is 191 g/mol. The van der Waals surface area contributed by atoms with Crippen molar-refractivity contribution in [1.29, 1.82) is 0 Å². The van der Waals surface area contributed by atoms with Crippen LogP contribution in [0, 0.1) is 5.92 Å². The first-order chi connectivity index (χ1) is 5.33. The van der Waals surface area contributed by atoms with Crippen molar-refractivity contribution in [2.75, 3.05) is 6.26 Å². The number of hydrogen-bond acceptors (Lipinski definition) is 2. The highest BCUT2D eigenvalue weighted by molar-refractivity contribution is 7.88. The molecule has 0 aromatic heterocycles. The zero-order chi connectivity index (χ0) is 9.41. The summed E-state index contributed by atoms with van der Waals surface area (Å²) in [6, 6.07) is 0. The predicted octanol–water partition coefficient (Wildman–Crippen LogP) is 1.11. The minimum Gasteiger partial charge on any atom is -0.213 e. The lowest BCUT2D eigenvalue weighted by molar-refractivity contribution is 0.448. The minimum absolute atomic E-state index is 0.0816. The maximum atomic E-state index is 11.0. The lowest BCUT2D eigenvalue weighted by Crippen LogP contribution is -2.36. The molecular formula is C8H17NO2S. The molecule has 0 unspecified atom stereocenters. The normalized spacial score (nSPS) is 21.3. The van der Waals surface area contributed by atoms with Gasteiger partial charge in [-0.05, 0) is 25.2 Å². The number of sulfonamides is 1. The smallest absolute Gasteiger partial charge is 0.209 e. The van der Waals surface area contributed by atoms with Gasteiger partial charge >= 0.3 is 0 Å². The van der Waals surface area contributed by atoms with E-state index in [-0.39, 0.29) is 5.54 Å². The Morgan fingerprint density at radius 2 is 1.92 bits per heavy atom. The van der Waals surface area contributed by atoms with Gasteiger partial charge in [-0.3, -0.25) is 0 Å². The molecule has 1 aliphatic carbocycles. The van der Waals surface area contributed by atoms with E-state index in [1.54, 1.807) is 0 Å². The van der Waals surface area contributed by atoms with Crippen LogP contribution in [0.5, 0.6) is 0 Å². The van der Waals surface area contributed by atoms with Crippen molar-refractivity contribution < 1.29 is 8.42 Å². The van der Waals surface area contributed by atoms with Gasteiger partial charge in [-0.1, -0.05) is 13.8 Å². The summed E-state index contributed by atoms with van der Waals surface area (Å²) in [5.41, 5.74) is -0.0816. The number of hydrogen-bond donors (Lipinski definition) is 1. The van der Waals surface area contributed by atoms with Crippen LogP contribution in [0.2, 0.25) is 0 Å². The number of nitrogens with one attached hydrogen (secondary N) is 1. The van der Waals surface area contributed by atoms with Crippen LogP contribution in [-0.4, -0.2) is 20.2 Å². The number of rotatable bonds is 4. The fourth-order valence-corrected chi connectivity index (χ4v) is 2.75. The first kappa shape index (κ1) is 9.99. The molecule has 1 aliphatic rings. The van der Waals surface area contributed by atoms with E-state index >= 15 is 0 Å². The molecule has 0 radical (unpaired) electrons. The molecule has 0 spiro atoms. The molecule has 4 heteroatoms. The molecule has 0 saturated heterocycles. The van der Waals surface area contributed by atoms with E-state index in [0.29, 0.717) is 5.92 Å². The quantitative estimate of drug-likeness (QED) is 0.723. The van der Waals surface area contributed by atoms with Gasteiger partial charge in [0.25, 0.3) is 0 Å². The Bertz CT molecular complexity index is 252. The molecule has 0 bridgehead atoms. The van der Waals surface area contributed by atoms with Crippen LogP contribution < -0.4 is 4.72 Å². The largest absolute Gasteiger partial charge is 0.213 e. The summed E-state index contributed by atoms with van der Waals surface area (Å²) in [4.78, 5) is 0. The molecular weight excluding hydrogens is 174 g/mol. The van der Waals surface area contributed by atoms with Gasteiger partial charge in [0.15, 0.2) is 0 Å². The molecule has 0 aromatic rings. The minimum atomic E-state index is -3.01. The third kappa shape index (κ3) is 3.11. The average Bonchev–Trinajstić information content (AvgIpc) is 2.40. The molecule has 0 atom stereocenters. The molecule has 12 heavy (non-hydrogen) atoms. The van der Waals surface area contributed by atoms with E-state index in [2.05, 4.69) is 18.6 Å². The van der Waals surface area contributed by atoms with Crippen molar-refractivity contribution in [3.05, 3.63) is 0 Å². The summed E-state index contributed by atoms with van der Waals surface area (Å²) in [5.74, 6) is 0.557. The summed E-state index contributed by atoms with van der Waals surface area (Å²) < 4.78 is 24.6. The summed E-state index contributed by atoms with van der Waals surface area (Å²) >= 11 is 0. The van der Waals surface area contributed by atoms with Gasteiger partial charge in [-0.15, -0.1) is 0 Å². The van der Waals surface area contributed by atoms with E-state index in [4.69, 9.17) is 0 Å².